The first kappa shape index (κ1) is 39.7. The van der Waals surface area contributed by atoms with Crippen LogP contribution in [0.1, 0.15) is 101 Å². The summed E-state index contributed by atoms with van der Waals surface area (Å²) in [5.41, 5.74) is 3.71. The fraction of sp³-hybridized carbons (Fsp3) is 0.879. The van der Waals surface area contributed by atoms with Crippen molar-refractivity contribution >= 4 is 43.1 Å². The van der Waals surface area contributed by atoms with E-state index in [1.165, 1.54) is 51.8 Å². The van der Waals surface area contributed by atoms with Gasteiger partial charge in [-0.25, -0.2) is 0 Å². The van der Waals surface area contributed by atoms with Crippen LogP contribution in [0.3, 0.4) is 0 Å². The second-order valence-corrected chi connectivity index (χ2v) is 43.5. The number of hydrogen-bond donors (Lipinski definition) is 0. The molecule has 2 atom stereocenters. The van der Waals surface area contributed by atoms with Crippen molar-refractivity contribution in [1.29, 1.82) is 0 Å². The zero-order valence-corrected chi connectivity index (χ0v) is 35.3. The van der Waals surface area contributed by atoms with Crippen LogP contribution in [0, 0.1) is 11.5 Å². The molecule has 0 aliphatic rings. The summed E-state index contributed by atoms with van der Waals surface area (Å²) >= 11 is -2.50. The van der Waals surface area contributed by atoms with Crippen molar-refractivity contribution in [2.24, 2.45) is 0 Å². The third kappa shape index (κ3) is 14.6. The van der Waals surface area contributed by atoms with Gasteiger partial charge in [0.2, 0.25) is 0 Å². The van der Waals surface area contributed by atoms with Gasteiger partial charge >= 0.3 is 256 Å². The Labute approximate surface area is 254 Å². The van der Waals surface area contributed by atoms with Gasteiger partial charge in [-0.3, -0.25) is 0 Å². The van der Waals surface area contributed by atoms with E-state index >= 15 is 0 Å². The summed E-state index contributed by atoms with van der Waals surface area (Å²) in [6.45, 7) is 37.7. The molecule has 0 rings (SSSR count). The van der Waals surface area contributed by atoms with Crippen molar-refractivity contribution in [2.75, 3.05) is 0 Å². The van der Waals surface area contributed by atoms with Crippen LogP contribution < -0.4 is 0 Å². The predicted octanol–water partition coefficient (Wildman–Crippen LogP) is 11.6. The molecule has 0 N–H and O–H groups in total. The minimum atomic E-state index is -2.50. The first-order valence-electron chi connectivity index (χ1n) is 16.1. The van der Waals surface area contributed by atoms with Gasteiger partial charge in [-0.1, -0.05) is 0 Å². The molecule has 39 heavy (non-hydrogen) atoms. The summed E-state index contributed by atoms with van der Waals surface area (Å²) in [5, 5.41) is 0.267. The molecule has 0 saturated carbocycles. The molecule has 0 aliphatic carbocycles. The summed E-state index contributed by atoms with van der Waals surface area (Å²) in [6.07, 6.45) is 10.3. The van der Waals surface area contributed by atoms with Gasteiger partial charge in [0, 0.05) is 0 Å². The second kappa shape index (κ2) is 16.5. The van der Waals surface area contributed by atoms with E-state index in [9.17, 15) is 0 Å². The molecule has 0 heterocycles. The summed E-state index contributed by atoms with van der Waals surface area (Å²) in [6, 6.07) is 0. The van der Waals surface area contributed by atoms with E-state index in [0.717, 1.165) is 0 Å². The van der Waals surface area contributed by atoms with E-state index in [4.69, 9.17) is 8.85 Å². The van der Waals surface area contributed by atoms with Crippen LogP contribution in [0.4, 0.5) is 0 Å². The molecule has 0 radical (unpaired) electrons. The molecule has 0 amide bonds. The molecular formula is C33H70O2Si3Sn. The van der Waals surface area contributed by atoms with Gasteiger partial charge in [0.1, 0.15) is 0 Å². The Balaban J connectivity index is 7.00. The Morgan fingerprint density at radius 3 is 1.38 bits per heavy atom. The molecule has 0 aromatic carbocycles. The van der Waals surface area contributed by atoms with Crippen LogP contribution in [-0.4, -0.2) is 55.3 Å². The fourth-order valence-corrected chi connectivity index (χ4v) is 21.5. The van der Waals surface area contributed by atoms with Crippen molar-refractivity contribution < 1.29 is 8.85 Å². The van der Waals surface area contributed by atoms with Crippen LogP contribution in [0.25, 0.3) is 0 Å². The standard InChI is InChI=1S/C21H43O2Si3.3C4H9.Sn/c1-15-18(22-25(11,12)20(2,3)4)19(16-17-24(8,9)10)23-26(13,14)21(5,6)7;3*1-3-4-2;/h1,15,18-19H,2-14H3;3*1,3-4H2,2H3;/t18-,19-;;;;/m1..../s1. The number of hydrogen-bond acceptors (Lipinski definition) is 2. The van der Waals surface area contributed by atoms with Crippen LogP contribution >= 0.6 is 0 Å². The van der Waals surface area contributed by atoms with Crippen LogP contribution in [0.5, 0.6) is 0 Å². The second-order valence-electron chi connectivity index (χ2n) is 16.2. The molecule has 0 fully saturated rings. The summed E-state index contributed by atoms with van der Waals surface area (Å²) in [4.78, 5) is 0. The molecule has 0 saturated heterocycles. The Morgan fingerprint density at radius 1 is 0.667 bits per heavy atom. The normalized spacial score (nSPS) is 15.8. The van der Waals surface area contributed by atoms with Crippen molar-refractivity contribution in [3.8, 4) is 11.5 Å². The van der Waals surface area contributed by atoms with Crippen molar-refractivity contribution in [1.82, 2.24) is 0 Å². The SMILES string of the molecule is CCC[CH2][Sn](/[CH]=C/[C@@H](O[Si](C)(C)C(C)(C)C)[C@@H](C#C[Si](C)(C)C)O[Si](C)(C)C(C)(C)C)([CH2]CCC)[CH2]CCC. The average Bonchev–Trinajstić information content (AvgIpc) is 2.77. The number of unbranched alkanes of at least 4 members (excludes halogenated alkanes) is 3. The Bertz CT molecular complexity index is 767. The molecule has 0 aromatic heterocycles. The molecular weight excluding hydrogens is 631 g/mol. The van der Waals surface area contributed by atoms with Gasteiger partial charge in [-0.05, 0) is 0 Å². The first-order valence-corrected chi connectivity index (χ1v) is 33.2. The van der Waals surface area contributed by atoms with E-state index in [1.54, 1.807) is 0 Å². The van der Waals surface area contributed by atoms with Crippen LogP contribution in [-0.2, 0) is 8.85 Å². The third-order valence-electron chi connectivity index (χ3n) is 9.08. The zero-order chi connectivity index (χ0) is 30.8. The third-order valence-corrected chi connectivity index (χ3v) is 33.0. The van der Waals surface area contributed by atoms with Crippen molar-refractivity contribution in [3.05, 3.63) is 10.2 Å². The predicted molar refractivity (Wildman–Crippen MR) is 189 cm³/mol. The van der Waals surface area contributed by atoms with Crippen molar-refractivity contribution in [3.63, 3.8) is 0 Å². The van der Waals surface area contributed by atoms with Gasteiger partial charge in [0.25, 0.3) is 0 Å². The zero-order valence-electron chi connectivity index (χ0n) is 29.5. The minimum absolute atomic E-state index is 0.0928. The van der Waals surface area contributed by atoms with E-state index in [1.807, 2.05) is 0 Å². The Hall–Kier alpha value is 0.669. The van der Waals surface area contributed by atoms with E-state index < -0.39 is 43.1 Å². The fourth-order valence-electron chi connectivity index (χ4n) is 4.19. The Kier molecular flexibility index (Phi) is 16.8. The molecule has 0 aliphatic heterocycles. The molecule has 2 nitrogen and oxygen atoms in total. The molecule has 0 unspecified atom stereocenters. The summed E-state index contributed by atoms with van der Waals surface area (Å²) in [5.74, 6) is 3.72. The van der Waals surface area contributed by atoms with E-state index in [0.29, 0.717) is 0 Å². The van der Waals surface area contributed by atoms with Gasteiger partial charge in [-0.2, -0.15) is 0 Å². The topological polar surface area (TPSA) is 18.5 Å². The quantitative estimate of drug-likeness (QED) is 0.118. The molecule has 0 bridgehead atoms. The van der Waals surface area contributed by atoms with Crippen molar-refractivity contribution in [2.45, 2.75) is 182 Å². The van der Waals surface area contributed by atoms with Crippen LogP contribution in [0.15, 0.2) is 10.2 Å². The molecule has 6 heteroatoms. The van der Waals surface area contributed by atoms with E-state index in [2.05, 4.69) is 130 Å². The molecule has 0 spiro atoms. The van der Waals surface area contributed by atoms with Gasteiger partial charge < -0.3 is 0 Å². The number of rotatable bonds is 16. The Morgan fingerprint density at radius 2 is 1.05 bits per heavy atom. The molecule has 230 valence electrons. The van der Waals surface area contributed by atoms with Gasteiger partial charge in [-0.15, -0.1) is 0 Å². The maximum absolute atomic E-state index is 7.29. The van der Waals surface area contributed by atoms with Crippen LogP contribution in [0.2, 0.25) is 69.2 Å². The van der Waals surface area contributed by atoms with Gasteiger partial charge in [0.15, 0.2) is 0 Å². The van der Waals surface area contributed by atoms with Gasteiger partial charge in [0.05, 0.1) is 0 Å². The monoisotopic (exact) mass is 702 g/mol. The maximum atomic E-state index is 7.29. The first-order chi connectivity index (χ1) is 17.6. The average molecular weight is 702 g/mol. The van der Waals surface area contributed by atoms with E-state index in [-0.39, 0.29) is 22.3 Å². The summed E-state index contributed by atoms with van der Waals surface area (Å²) in [7, 11) is -5.68. The summed E-state index contributed by atoms with van der Waals surface area (Å²) < 4.78 is 21.7. The molecule has 0 aromatic rings.